The Balaban J connectivity index is 1.60. The first-order valence-corrected chi connectivity index (χ1v) is 13.3. The number of fused-ring (bicyclic) bond motifs is 1. The van der Waals surface area contributed by atoms with Gasteiger partial charge in [0.1, 0.15) is 23.1 Å². The fourth-order valence-corrected chi connectivity index (χ4v) is 4.98. The number of alkyl halides is 2. The molecule has 208 valence electrons. The molecular formula is C29H29ClF3N7. The Morgan fingerprint density at radius 3 is 2.58 bits per heavy atom. The van der Waals surface area contributed by atoms with Crippen molar-refractivity contribution < 1.29 is 13.2 Å². The van der Waals surface area contributed by atoms with Crippen LogP contribution in [-0.4, -0.2) is 32.9 Å². The van der Waals surface area contributed by atoms with Crippen molar-refractivity contribution in [1.82, 2.24) is 20.0 Å². The van der Waals surface area contributed by atoms with Crippen LogP contribution in [-0.2, 0) is 5.54 Å². The summed E-state index contributed by atoms with van der Waals surface area (Å²) in [6.07, 6.45) is 1.08. The number of hydrogen-bond acceptors (Lipinski definition) is 6. The van der Waals surface area contributed by atoms with Gasteiger partial charge in [-0.2, -0.15) is 5.26 Å². The van der Waals surface area contributed by atoms with E-state index in [4.69, 9.17) is 11.6 Å². The second kappa shape index (κ2) is 10.3. The van der Waals surface area contributed by atoms with Gasteiger partial charge in [0.2, 0.25) is 0 Å². The van der Waals surface area contributed by atoms with E-state index in [2.05, 4.69) is 52.8 Å². The summed E-state index contributed by atoms with van der Waals surface area (Å²) in [6, 6.07) is 9.45. The van der Waals surface area contributed by atoms with Crippen molar-refractivity contribution in [3.63, 3.8) is 0 Å². The van der Waals surface area contributed by atoms with Gasteiger partial charge in [-0.25, -0.2) is 17.9 Å². The summed E-state index contributed by atoms with van der Waals surface area (Å²) in [4.78, 5) is 4.41. The summed E-state index contributed by atoms with van der Waals surface area (Å²) in [5.41, 5.74) is 2.43. The van der Waals surface area contributed by atoms with Crippen LogP contribution in [0.2, 0.25) is 5.02 Å². The van der Waals surface area contributed by atoms with E-state index in [0.717, 1.165) is 0 Å². The molecule has 0 spiro atoms. The molecule has 0 aliphatic heterocycles. The monoisotopic (exact) mass is 567 g/mol. The average molecular weight is 568 g/mol. The number of hydrogen-bond donors (Lipinski definition) is 2. The second-order valence-corrected chi connectivity index (χ2v) is 11.9. The van der Waals surface area contributed by atoms with Gasteiger partial charge in [0.25, 0.3) is 6.43 Å². The van der Waals surface area contributed by atoms with Crippen LogP contribution in [0.3, 0.4) is 0 Å². The third-order valence-corrected chi connectivity index (χ3v) is 7.41. The number of anilines is 2. The van der Waals surface area contributed by atoms with Crippen molar-refractivity contribution in [2.75, 3.05) is 17.2 Å². The number of aryl methyl sites for hydroxylation is 1. The van der Waals surface area contributed by atoms with E-state index in [1.54, 1.807) is 19.1 Å². The molecule has 5 rings (SSSR count). The number of halogens is 4. The maximum atomic E-state index is 14.0. The van der Waals surface area contributed by atoms with Crippen LogP contribution in [0.5, 0.6) is 0 Å². The van der Waals surface area contributed by atoms with Gasteiger partial charge in [0.05, 0.1) is 34.0 Å². The zero-order valence-corrected chi connectivity index (χ0v) is 23.3. The molecule has 2 heterocycles. The zero-order valence-electron chi connectivity index (χ0n) is 22.6. The Bertz CT molecular complexity index is 1620. The van der Waals surface area contributed by atoms with Gasteiger partial charge < -0.3 is 10.6 Å². The molecule has 1 aliphatic carbocycles. The van der Waals surface area contributed by atoms with Crippen molar-refractivity contribution in [1.29, 1.82) is 5.26 Å². The second-order valence-electron chi connectivity index (χ2n) is 11.5. The van der Waals surface area contributed by atoms with Gasteiger partial charge >= 0.3 is 0 Å². The number of pyridine rings is 1. The van der Waals surface area contributed by atoms with E-state index in [-0.39, 0.29) is 5.41 Å². The molecule has 1 saturated carbocycles. The highest BCUT2D eigenvalue weighted by atomic mass is 35.5. The lowest BCUT2D eigenvalue weighted by Crippen LogP contribution is -2.26. The van der Waals surface area contributed by atoms with Crippen molar-refractivity contribution in [3.8, 4) is 6.07 Å². The molecule has 1 atom stereocenters. The smallest absolute Gasteiger partial charge is 0.263 e. The number of nitrogens with one attached hydrogen (secondary N) is 2. The van der Waals surface area contributed by atoms with Crippen molar-refractivity contribution >= 4 is 33.9 Å². The molecule has 0 amide bonds. The van der Waals surface area contributed by atoms with Crippen LogP contribution in [0.1, 0.15) is 62.0 Å². The lowest BCUT2D eigenvalue weighted by atomic mass is 9.96. The molecule has 0 saturated heterocycles. The molecule has 1 unspecified atom stereocenters. The fraction of sp³-hybridized carbons (Fsp3) is 0.379. The van der Waals surface area contributed by atoms with E-state index >= 15 is 0 Å². The molecule has 1 aliphatic rings. The van der Waals surface area contributed by atoms with Crippen LogP contribution in [0.4, 0.5) is 24.5 Å². The number of nitrogens with zero attached hydrogens (tertiary/aromatic N) is 5. The molecule has 0 bridgehead atoms. The molecule has 11 heteroatoms. The molecule has 0 radical (unpaired) electrons. The third kappa shape index (κ3) is 5.30. The molecule has 2 aromatic heterocycles. The van der Waals surface area contributed by atoms with Gasteiger partial charge in [-0.05, 0) is 60.6 Å². The molecule has 2 aromatic carbocycles. The van der Waals surface area contributed by atoms with Crippen LogP contribution in [0.15, 0.2) is 42.7 Å². The predicted octanol–water partition coefficient (Wildman–Crippen LogP) is 7.21. The Morgan fingerprint density at radius 1 is 1.20 bits per heavy atom. The molecule has 7 nitrogen and oxygen atoms in total. The Kier molecular flexibility index (Phi) is 7.13. The van der Waals surface area contributed by atoms with Crippen molar-refractivity contribution in [3.05, 3.63) is 75.9 Å². The summed E-state index contributed by atoms with van der Waals surface area (Å²) in [7, 11) is 0. The number of nitriles is 1. The summed E-state index contributed by atoms with van der Waals surface area (Å²) in [5.74, 6) is -0.392. The lowest BCUT2D eigenvalue weighted by Gasteiger charge is -2.23. The van der Waals surface area contributed by atoms with E-state index in [1.165, 1.54) is 29.2 Å². The first kappa shape index (κ1) is 27.7. The number of benzene rings is 2. The lowest BCUT2D eigenvalue weighted by molar-refractivity contribution is 0.0593. The summed E-state index contributed by atoms with van der Waals surface area (Å²) >= 11 is 6.68. The Hall–Kier alpha value is -3.84. The predicted molar refractivity (Wildman–Crippen MR) is 149 cm³/mol. The fourth-order valence-electron chi connectivity index (χ4n) is 4.71. The molecular weight excluding hydrogens is 539 g/mol. The van der Waals surface area contributed by atoms with E-state index in [1.807, 2.05) is 6.07 Å². The van der Waals surface area contributed by atoms with Crippen LogP contribution < -0.4 is 10.6 Å². The minimum absolute atomic E-state index is 0.0594. The van der Waals surface area contributed by atoms with Crippen molar-refractivity contribution in [2.45, 2.75) is 58.5 Å². The topological polar surface area (TPSA) is 91.5 Å². The highest BCUT2D eigenvalue weighted by molar-refractivity contribution is 6.35. The first-order valence-electron chi connectivity index (χ1n) is 12.9. The normalized spacial score (nSPS) is 15.2. The third-order valence-electron chi connectivity index (χ3n) is 7.13. The van der Waals surface area contributed by atoms with Crippen molar-refractivity contribution in [2.24, 2.45) is 5.41 Å². The molecule has 40 heavy (non-hydrogen) atoms. The quantitative estimate of drug-likeness (QED) is 0.234. The van der Waals surface area contributed by atoms with Crippen LogP contribution in [0.25, 0.3) is 10.9 Å². The van der Waals surface area contributed by atoms with Gasteiger partial charge in [-0.3, -0.25) is 4.98 Å². The summed E-state index contributed by atoms with van der Waals surface area (Å²) in [6.45, 7) is 8.61. The Morgan fingerprint density at radius 2 is 1.95 bits per heavy atom. The molecule has 2 N–H and O–H groups in total. The minimum atomic E-state index is -2.57. The largest absolute Gasteiger partial charge is 0.383 e. The van der Waals surface area contributed by atoms with Gasteiger partial charge in [-0.15, -0.1) is 5.10 Å². The van der Waals surface area contributed by atoms with Gasteiger partial charge in [0.15, 0.2) is 0 Å². The highest BCUT2D eigenvalue weighted by Crippen LogP contribution is 2.48. The van der Waals surface area contributed by atoms with Gasteiger partial charge in [-0.1, -0.05) is 43.7 Å². The minimum Gasteiger partial charge on any atom is -0.383 e. The number of rotatable bonds is 8. The summed E-state index contributed by atoms with van der Waals surface area (Å²) < 4.78 is 42.8. The van der Waals surface area contributed by atoms with E-state index in [9.17, 15) is 18.4 Å². The maximum Gasteiger partial charge on any atom is 0.263 e. The van der Waals surface area contributed by atoms with E-state index < -0.39 is 23.8 Å². The Labute approximate surface area is 235 Å². The zero-order chi connectivity index (χ0) is 28.8. The van der Waals surface area contributed by atoms with Gasteiger partial charge in [0, 0.05) is 23.8 Å². The van der Waals surface area contributed by atoms with E-state index in [0.29, 0.717) is 69.1 Å². The maximum absolute atomic E-state index is 14.0. The number of aromatic nitrogens is 4. The standard InChI is InChI=1S/C29H29ClF3N7/c1-16-9-18(31)5-6-20(16)26(23-14-40(39-38-23)29(7-8-29)27(32)33)37-19-10-21-24(36-15-28(2,3)4)17(12-34)13-35-25(21)22(30)11-19/h5-6,9-11,13-14,26-27,37H,7-8,15H2,1-4H3,(H,35,36). The average Bonchev–Trinajstić information content (AvgIpc) is 3.56. The molecule has 1 fully saturated rings. The summed E-state index contributed by atoms with van der Waals surface area (Å²) in [5, 5.41) is 25.9. The molecule has 4 aromatic rings. The SMILES string of the molecule is Cc1cc(F)ccc1C(Nc1cc(Cl)c2ncc(C#N)c(NCC(C)(C)C)c2c1)c1cn(C2(C(F)F)CC2)nn1. The first-order chi connectivity index (χ1) is 18.9. The highest BCUT2D eigenvalue weighted by Gasteiger charge is 2.54. The van der Waals surface area contributed by atoms with Crippen LogP contribution >= 0.6 is 11.6 Å². The van der Waals surface area contributed by atoms with Crippen LogP contribution in [0, 0.1) is 29.5 Å².